The van der Waals surface area contributed by atoms with E-state index in [2.05, 4.69) is 17.6 Å². The zero-order valence-corrected chi connectivity index (χ0v) is 12.0. The summed E-state index contributed by atoms with van der Waals surface area (Å²) in [5.41, 5.74) is 2.23. The van der Waals surface area contributed by atoms with Gasteiger partial charge in [-0.15, -0.1) is 0 Å². The molecule has 0 aliphatic rings. The second-order valence-electron chi connectivity index (χ2n) is 3.81. The molecule has 0 saturated carbocycles. The fraction of sp³-hybridized carbons (Fsp3) is 0.538. The van der Waals surface area contributed by atoms with Gasteiger partial charge in [-0.3, -0.25) is 0 Å². The summed E-state index contributed by atoms with van der Waals surface area (Å²) in [5, 5.41) is 3.32. The Hall–Kier alpha value is -0.870. The van der Waals surface area contributed by atoms with Crippen LogP contribution in [0, 0.1) is 6.92 Å². The molecule has 0 fully saturated rings. The minimum absolute atomic E-state index is 0.296. The van der Waals surface area contributed by atoms with Gasteiger partial charge in [-0.25, -0.2) is 0 Å². The quantitative estimate of drug-likeness (QED) is 0.846. The normalized spacial score (nSPS) is 12.3. The maximum atomic E-state index is 5.52. The van der Waals surface area contributed by atoms with Crippen molar-refractivity contribution in [2.75, 3.05) is 33.3 Å². The van der Waals surface area contributed by atoms with Crippen molar-refractivity contribution in [2.24, 2.45) is 0 Å². The summed E-state index contributed by atoms with van der Waals surface area (Å²) in [7, 11) is 5.36. The molecule has 0 aliphatic carbocycles. The Kier molecular flexibility index (Phi) is 5.65. The van der Waals surface area contributed by atoms with Crippen LogP contribution in [-0.4, -0.2) is 33.3 Å². The van der Waals surface area contributed by atoms with E-state index in [1.807, 2.05) is 31.8 Å². The second kappa shape index (κ2) is 6.77. The van der Waals surface area contributed by atoms with Crippen LogP contribution >= 0.6 is 11.8 Å². The summed E-state index contributed by atoms with van der Waals surface area (Å²) < 4.78 is 10.8. The Balaban J connectivity index is 3.18. The highest BCUT2D eigenvalue weighted by molar-refractivity contribution is 7.98. The summed E-state index contributed by atoms with van der Waals surface area (Å²) >= 11 is 1.81. The highest BCUT2D eigenvalue weighted by Gasteiger charge is 2.17. The number of methoxy groups -OCH3 is 2. The first-order valence-corrected chi connectivity index (χ1v) is 6.96. The van der Waals surface area contributed by atoms with E-state index in [4.69, 9.17) is 9.47 Å². The van der Waals surface area contributed by atoms with E-state index in [0.717, 1.165) is 22.8 Å². The number of benzene rings is 1. The van der Waals surface area contributed by atoms with Crippen LogP contribution in [0.2, 0.25) is 0 Å². The maximum absolute atomic E-state index is 5.52. The molecule has 1 aromatic rings. The molecule has 1 rings (SSSR count). The molecule has 1 unspecified atom stereocenters. The molecule has 0 saturated heterocycles. The number of nitrogens with one attached hydrogen (secondary N) is 1. The molecule has 0 aliphatic heterocycles. The van der Waals surface area contributed by atoms with Crippen molar-refractivity contribution in [1.82, 2.24) is 5.32 Å². The zero-order chi connectivity index (χ0) is 12.8. The molecule has 0 radical (unpaired) electrons. The molecule has 17 heavy (non-hydrogen) atoms. The van der Waals surface area contributed by atoms with Gasteiger partial charge in [0.05, 0.1) is 14.2 Å². The highest BCUT2D eigenvalue weighted by Crippen LogP contribution is 2.35. The second-order valence-corrected chi connectivity index (χ2v) is 4.72. The van der Waals surface area contributed by atoms with Crippen LogP contribution in [0.3, 0.4) is 0 Å². The lowest BCUT2D eigenvalue weighted by molar-refractivity contribution is 0.382. The minimum Gasteiger partial charge on any atom is -0.496 e. The lowest BCUT2D eigenvalue weighted by atomic mass is 10.0. The van der Waals surface area contributed by atoms with E-state index in [1.165, 1.54) is 5.56 Å². The predicted molar refractivity (Wildman–Crippen MR) is 74.5 cm³/mol. The smallest absolute Gasteiger partial charge is 0.130 e. The van der Waals surface area contributed by atoms with Crippen LogP contribution in [0.5, 0.6) is 11.5 Å². The minimum atomic E-state index is 0.296. The van der Waals surface area contributed by atoms with Crippen LogP contribution in [0.1, 0.15) is 17.2 Å². The van der Waals surface area contributed by atoms with Crippen LogP contribution < -0.4 is 14.8 Å². The van der Waals surface area contributed by atoms with Gasteiger partial charge in [0.25, 0.3) is 0 Å². The summed E-state index contributed by atoms with van der Waals surface area (Å²) in [6.07, 6.45) is 2.10. The average Bonchev–Trinajstić information content (AvgIpc) is 2.35. The van der Waals surface area contributed by atoms with Crippen molar-refractivity contribution in [3.63, 3.8) is 0 Å². The van der Waals surface area contributed by atoms with Gasteiger partial charge in [0, 0.05) is 22.9 Å². The van der Waals surface area contributed by atoms with E-state index >= 15 is 0 Å². The van der Waals surface area contributed by atoms with E-state index in [1.54, 1.807) is 14.2 Å². The van der Waals surface area contributed by atoms with E-state index < -0.39 is 0 Å². The molecule has 3 nitrogen and oxygen atoms in total. The van der Waals surface area contributed by atoms with Crippen molar-refractivity contribution in [3.8, 4) is 11.5 Å². The van der Waals surface area contributed by atoms with Crippen molar-refractivity contribution < 1.29 is 9.47 Å². The first kappa shape index (κ1) is 14.2. The summed E-state index contributed by atoms with van der Waals surface area (Å²) in [4.78, 5) is 0. The summed E-state index contributed by atoms with van der Waals surface area (Å²) in [6.45, 7) is 2.02. The molecule has 4 heteroatoms. The lowest BCUT2D eigenvalue weighted by Gasteiger charge is -2.21. The molecule has 0 spiro atoms. The zero-order valence-electron chi connectivity index (χ0n) is 11.2. The molecular formula is C13H21NO2S. The van der Waals surface area contributed by atoms with Crippen LogP contribution in [0.15, 0.2) is 12.1 Å². The molecular weight excluding hydrogens is 234 g/mol. The third-order valence-electron chi connectivity index (χ3n) is 2.87. The number of hydrogen-bond acceptors (Lipinski definition) is 4. The largest absolute Gasteiger partial charge is 0.496 e. The fourth-order valence-electron chi connectivity index (χ4n) is 1.96. The third kappa shape index (κ3) is 3.07. The Morgan fingerprint density at radius 3 is 2.47 bits per heavy atom. The number of hydrogen-bond donors (Lipinski definition) is 1. The summed E-state index contributed by atoms with van der Waals surface area (Å²) in [6, 6.07) is 4.37. The first-order valence-electron chi connectivity index (χ1n) is 5.57. The SMILES string of the molecule is CNC(CSC)c1ccc(OC)c(C)c1OC. The van der Waals surface area contributed by atoms with Crippen molar-refractivity contribution in [3.05, 3.63) is 23.3 Å². The molecule has 96 valence electrons. The van der Waals surface area contributed by atoms with Crippen LogP contribution in [0.25, 0.3) is 0 Å². The Bertz CT molecular complexity index is 369. The maximum Gasteiger partial charge on any atom is 0.130 e. The van der Waals surface area contributed by atoms with E-state index in [0.29, 0.717) is 6.04 Å². The Morgan fingerprint density at radius 1 is 1.29 bits per heavy atom. The summed E-state index contributed by atoms with van der Waals surface area (Å²) in [5.74, 6) is 2.79. The van der Waals surface area contributed by atoms with Crippen LogP contribution in [0.4, 0.5) is 0 Å². The molecule has 0 amide bonds. The van der Waals surface area contributed by atoms with Gasteiger partial charge in [0.2, 0.25) is 0 Å². The average molecular weight is 255 g/mol. The van der Waals surface area contributed by atoms with E-state index in [-0.39, 0.29) is 0 Å². The van der Waals surface area contributed by atoms with Gasteiger partial charge in [-0.2, -0.15) is 11.8 Å². The van der Waals surface area contributed by atoms with E-state index in [9.17, 15) is 0 Å². The molecule has 1 N–H and O–H groups in total. The number of thioether (sulfide) groups is 1. The van der Waals surface area contributed by atoms with Gasteiger partial charge in [0.15, 0.2) is 0 Å². The molecule has 1 atom stereocenters. The van der Waals surface area contributed by atoms with Gasteiger partial charge < -0.3 is 14.8 Å². The van der Waals surface area contributed by atoms with Crippen molar-refractivity contribution in [2.45, 2.75) is 13.0 Å². The number of rotatable bonds is 6. The number of ether oxygens (including phenoxy) is 2. The monoisotopic (exact) mass is 255 g/mol. The van der Waals surface area contributed by atoms with Crippen molar-refractivity contribution >= 4 is 11.8 Å². The van der Waals surface area contributed by atoms with Gasteiger partial charge in [0.1, 0.15) is 11.5 Å². The Labute approximate surface area is 108 Å². The topological polar surface area (TPSA) is 30.5 Å². The van der Waals surface area contributed by atoms with Crippen molar-refractivity contribution in [1.29, 1.82) is 0 Å². The lowest BCUT2D eigenvalue weighted by Crippen LogP contribution is -2.19. The highest BCUT2D eigenvalue weighted by atomic mass is 32.2. The van der Waals surface area contributed by atoms with Gasteiger partial charge >= 0.3 is 0 Å². The Morgan fingerprint density at radius 2 is 2.00 bits per heavy atom. The molecule has 0 aromatic heterocycles. The third-order valence-corrected chi connectivity index (χ3v) is 3.53. The first-order chi connectivity index (χ1) is 8.19. The van der Waals surface area contributed by atoms with Gasteiger partial charge in [-0.1, -0.05) is 6.07 Å². The molecule has 1 aromatic carbocycles. The molecule has 0 bridgehead atoms. The van der Waals surface area contributed by atoms with Gasteiger partial charge in [-0.05, 0) is 26.3 Å². The fourth-order valence-corrected chi connectivity index (χ4v) is 2.64. The standard InChI is InChI=1S/C13H21NO2S/c1-9-12(15-3)7-6-10(13(9)16-4)11(14-2)8-17-5/h6-7,11,14H,8H2,1-5H3. The van der Waals surface area contributed by atoms with Crippen LogP contribution in [-0.2, 0) is 0 Å². The molecule has 0 heterocycles. The predicted octanol–water partition coefficient (Wildman–Crippen LogP) is 2.64.